The molecule has 0 spiro atoms. The molecule has 0 aliphatic rings. The van der Waals surface area contributed by atoms with Crippen LogP contribution in [0.2, 0.25) is 0 Å². The quantitative estimate of drug-likeness (QED) is 0.612. The molecule has 0 aliphatic carbocycles. The first-order valence-corrected chi connectivity index (χ1v) is 7.82. The Bertz CT molecular complexity index is 498. The monoisotopic (exact) mass is 303 g/mol. The molecular weight excluding hydrogens is 282 g/mol. The Morgan fingerprint density at radius 3 is 1.85 bits per heavy atom. The predicted molar refractivity (Wildman–Crippen MR) is 78.2 cm³/mol. The van der Waals surface area contributed by atoms with Gasteiger partial charge in [0.2, 0.25) is 10.0 Å². The minimum atomic E-state index is -3.53. The average Bonchev–Trinajstić information content (AvgIpc) is 2.40. The highest BCUT2D eigenvalue weighted by molar-refractivity contribution is 7.89. The molecule has 0 saturated carbocycles. The van der Waals surface area contributed by atoms with Crippen LogP contribution >= 0.6 is 0 Å². The maximum absolute atomic E-state index is 11.4. The topological polar surface area (TPSA) is 101 Å². The molecule has 114 valence electrons. The number of nitrogens with zero attached hydrogens (tertiary/aromatic N) is 1. The summed E-state index contributed by atoms with van der Waals surface area (Å²) in [6.07, 6.45) is 0. The van der Waals surface area contributed by atoms with Crippen molar-refractivity contribution in [3.8, 4) is 0 Å². The second kappa shape index (κ2) is 9.40. The van der Waals surface area contributed by atoms with E-state index in [1.54, 1.807) is 6.92 Å². The Labute approximate surface area is 119 Å². The molecule has 0 fully saturated rings. The van der Waals surface area contributed by atoms with Crippen LogP contribution in [0.25, 0.3) is 0 Å². The highest BCUT2D eigenvalue weighted by atomic mass is 32.2. The molecule has 0 unspecified atom stereocenters. The highest BCUT2D eigenvalue weighted by Gasteiger charge is 2.13. The number of rotatable bonds is 6. The minimum Gasteiger partial charge on any atom is -0.317 e. The van der Waals surface area contributed by atoms with Gasteiger partial charge in [0.1, 0.15) is 0 Å². The Morgan fingerprint density at radius 1 is 1.05 bits per heavy atom. The lowest BCUT2D eigenvalue weighted by Gasteiger charge is -2.03. The molecule has 0 aromatic heterocycles. The van der Waals surface area contributed by atoms with E-state index in [2.05, 4.69) is 23.9 Å². The number of sulfonamides is 1. The lowest BCUT2D eigenvalue weighted by atomic mass is 10.3. The summed E-state index contributed by atoms with van der Waals surface area (Å²) in [5.41, 5.74) is -0.134. The van der Waals surface area contributed by atoms with Crippen molar-refractivity contribution in [3.63, 3.8) is 0 Å². The van der Waals surface area contributed by atoms with Crippen molar-refractivity contribution in [3.05, 3.63) is 34.4 Å². The fourth-order valence-electron chi connectivity index (χ4n) is 1.27. The van der Waals surface area contributed by atoms with E-state index in [4.69, 9.17) is 0 Å². The van der Waals surface area contributed by atoms with Crippen LogP contribution in [0.5, 0.6) is 0 Å². The van der Waals surface area contributed by atoms with Crippen molar-refractivity contribution >= 4 is 15.7 Å². The third kappa shape index (κ3) is 6.60. The molecule has 1 rings (SSSR count). The van der Waals surface area contributed by atoms with Gasteiger partial charge < -0.3 is 5.32 Å². The highest BCUT2D eigenvalue weighted by Crippen LogP contribution is 2.15. The van der Waals surface area contributed by atoms with Crippen LogP contribution in [0.4, 0.5) is 5.69 Å². The molecule has 1 aromatic carbocycles. The molecule has 1 aromatic rings. The van der Waals surface area contributed by atoms with Crippen molar-refractivity contribution < 1.29 is 13.3 Å². The summed E-state index contributed by atoms with van der Waals surface area (Å²) in [4.78, 5) is 9.77. The van der Waals surface area contributed by atoms with Crippen LogP contribution in [0.1, 0.15) is 20.8 Å². The summed E-state index contributed by atoms with van der Waals surface area (Å²) in [6, 6.07) is 4.72. The van der Waals surface area contributed by atoms with Gasteiger partial charge in [-0.2, -0.15) is 0 Å². The SMILES string of the molecule is CCNCC.CCNS(=O)(=O)c1ccc([N+](=O)[O-])cc1. The van der Waals surface area contributed by atoms with Crippen LogP contribution in [-0.2, 0) is 10.0 Å². The summed E-state index contributed by atoms with van der Waals surface area (Å²) in [7, 11) is -3.53. The third-order valence-electron chi connectivity index (χ3n) is 2.19. The molecule has 0 aliphatic heterocycles. The zero-order valence-corrected chi connectivity index (χ0v) is 12.7. The summed E-state index contributed by atoms with van der Waals surface area (Å²) >= 11 is 0. The van der Waals surface area contributed by atoms with Gasteiger partial charge in [-0.25, -0.2) is 13.1 Å². The summed E-state index contributed by atoms with van der Waals surface area (Å²) in [6.45, 7) is 8.32. The van der Waals surface area contributed by atoms with Crippen LogP contribution in [0, 0.1) is 10.1 Å². The van der Waals surface area contributed by atoms with Crippen LogP contribution in [-0.4, -0.2) is 33.0 Å². The lowest BCUT2D eigenvalue weighted by Crippen LogP contribution is -2.22. The molecule has 8 heteroatoms. The van der Waals surface area contributed by atoms with Crippen molar-refractivity contribution in [1.29, 1.82) is 0 Å². The maximum Gasteiger partial charge on any atom is 0.269 e. The molecular formula is C12H21N3O4S. The normalized spacial score (nSPS) is 10.6. The molecule has 0 saturated heterocycles. The molecule has 0 amide bonds. The van der Waals surface area contributed by atoms with Crippen LogP contribution in [0.15, 0.2) is 29.2 Å². The number of hydrogen-bond acceptors (Lipinski definition) is 5. The van der Waals surface area contributed by atoms with Gasteiger partial charge >= 0.3 is 0 Å². The predicted octanol–water partition coefficient (Wildman–Crippen LogP) is 1.51. The fraction of sp³-hybridized carbons (Fsp3) is 0.500. The van der Waals surface area contributed by atoms with E-state index >= 15 is 0 Å². The van der Waals surface area contributed by atoms with Crippen molar-refractivity contribution in [2.24, 2.45) is 0 Å². The average molecular weight is 303 g/mol. The van der Waals surface area contributed by atoms with E-state index < -0.39 is 14.9 Å². The van der Waals surface area contributed by atoms with E-state index in [-0.39, 0.29) is 17.1 Å². The van der Waals surface area contributed by atoms with Gasteiger partial charge in [-0.15, -0.1) is 0 Å². The zero-order valence-electron chi connectivity index (χ0n) is 11.9. The number of benzene rings is 1. The summed E-state index contributed by atoms with van der Waals surface area (Å²) in [5.74, 6) is 0. The Kier molecular flexibility index (Phi) is 8.69. The molecule has 0 atom stereocenters. The van der Waals surface area contributed by atoms with Gasteiger partial charge in [0.15, 0.2) is 0 Å². The molecule has 20 heavy (non-hydrogen) atoms. The fourth-order valence-corrected chi connectivity index (χ4v) is 2.31. The molecule has 0 radical (unpaired) electrons. The maximum atomic E-state index is 11.4. The summed E-state index contributed by atoms with van der Waals surface area (Å²) in [5, 5.41) is 13.4. The second-order valence-electron chi connectivity index (χ2n) is 3.71. The number of nitro benzene ring substituents is 1. The Hall–Kier alpha value is -1.51. The molecule has 0 heterocycles. The second-order valence-corrected chi connectivity index (χ2v) is 5.48. The Morgan fingerprint density at radius 2 is 1.55 bits per heavy atom. The van der Waals surface area contributed by atoms with Crippen LogP contribution in [0.3, 0.4) is 0 Å². The first kappa shape index (κ1) is 18.5. The smallest absolute Gasteiger partial charge is 0.269 e. The number of nitrogens with one attached hydrogen (secondary N) is 2. The third-order valence-corrected chi connectivity index (χ3v) is 3.75. The van der Waals surface area contributed by atoms with E-state index in [1.165, 1.54) is 12.1 Å². The van der Waals surface area contributed by atoms with Gasteiger partial charge in [0.05, 0.1) is 9.82 Å². The standard InChI is InChI=1S/C8H10N2O4S.C4H11N/c1-2-9-15(13,14)8-5-3-7(4-6-8)10(11)12;1-3-5-4-2/h3-6,9H,2H2,1H3;5H,3-4H2,1-2H3. The van der Waals surface area contributed by atoms with Crippen molar-refractivity contribution in [2.45, 2.75) is 25.7 Å². The van der Waals surface area contributed by atoms with E-state index in [0.717, 1.165) is 25.2 Å². The Balaban J connectivity index is 0.000000621. The number of nitro groups is 1. The van der Waals surface area contributed by atoms with Gasteiger partial charge in [0.25, 0.3) is 5.69 Å². The van der Waals surface area contributed by atoms with E-state index in [1.807, 2.05) is 0 Å². The first-order valence-electron chi connectivity index (χ1n) is 6.33. The molecule has 0 bridgehead atoms. The van der Waals surface area contributed by atoms with Crippen molar-refractivity contribution in [2.75, 3.05) is 19.6 Å². The van der Waals surface area contributed by atoms with E-state index in [0.29, 0.717) is 0 Å². The van der Waals surface area contributed by atoms with Gasteiger partial charge in [-0.1, -0.05) is 20.8 Å². The molecule has 2 N–H and O–H groups in total. The lowest BCUT2D eigenvalue weighted by molar-refractivity contribution is -0.384. The molecule has 7 nitrogen and oxygen atoms in total. The van der Waals surface area contributed by atoms with Crippen molar-refractivity contribution in [1.82, 2.24) is 10.0 Å². The van der Waals surface area contributed by atoms with Gasteiger partial charge in [-0.3, -0.25) is 10.1 Å². The minimum absolute atomic E-state index is 0.0231. The summed E-state index contributed by atoms with van der Waals surface area (Å²) < 4.78 is 25.2. The van der Waals surface area contributed by atoms with E-state index in [9.17, 15) is 18.5 Å². The number of hydrogen-bond donors (Lipinski definition) is 2. The first-order chi connectivity index (χ1) is 9.38. The van der Waals surface area contributed by atoms with Crippen LogP contribution < -0.4 is 10.0 Å². The number of non-ortho nitro benzene ring substituents is 1. The van der Waals surface area contributed by atoms with Gasteiger partial charge in [0, 0.05) is 18.7 Å². The largest absolute Gasteiger partial charge is 0.317 e. The zero-order chi connectivity index (χ0) is 15.6. The van der Waals surface area contributed by atoms with Gasteiger partial charge in [-0.05, 0) is 25.2 Å².